The minimum atomic E-state index is -2.85. The van der Waals surface area contributed by atoms with Crippen LogP contribution in [0.25, 0.3) is 0 Å². The molecule has 0 aromatic heterocycles. The van der Waals surface area contributed by atoms with Gasteiger partial charge in [0.15, 0.2) is 9.84 Å². The maximum absolute atomic E-state index is 11.7. The maximum atomic E-state index is 11.7. The van der Waals surface area contributed by atoms with Crippen LogP contribution >= 0.6 is 0 Å². The highest BCUT2D eigenvalue weighted by molar-refractivity contribution is 7.91. The second kappa shape index (κ2) is 6.09. The number of carbonyl (C=O) groups excluding carboxylic acids is 1. The summed E-state index contributed by atoms with van der Waals surface area (Å²) in [6.45, 7) is 6.52. The third-order valence-electron chi connectivity index (χ3n) is 2.82. The Balaban J connectivity index is 2.24. The molecular formula is C12H24N2O4S. The third-order valence-corrected chi connectivity index (χ3v) is 4.59. The van der Waals surface area contributed by atoms with Crippen LogP contribution in [0.1, 0.15) is 27.2 Å². The van der Waals surface area contributed by atoms with E-state index >= 15 is 0 Å². The zero-order valence-electron chi connectivity index (χ0n) is 12.1. The van der Waals surface area contributed by atoms with Crippen molar-refractivity contribution in [1.29, 1.82) is 0 Å². The zero-order chi connectivity index (χ0) is 14.7. The highest BCUT2D eigenvalue weighted by atomic mass is 32.2. The van der Waals surface area contributed by atoms with Crippen molar-refractivity contribution in [3.05, 3.63) is 0 Å². The van der Waals surface area contributed by atoms with Crippen molar-refractivity contribution in [2.45, 2.75) is 38.8 Å². The predicted molar refractivity (Wildman–Crippen MR) is 73.9 cm³/mol. The fraction of sp³-hybridized carbons (Fsp3) is 0.917. The minimum Gasteiger partial charge on any atom is -0.444 e. The lowest BCUT2D eigenvalue weighted by Gasteiger charge is -2.25. The zero-order valence-corrected chi connectivity index (χ0v) is 12.9. The molecule has 0 aromatic carbocycles. The van der Waals surface area contributed by atoms with Crippen molar-refractivity contribution in [1.82, 2.24) is 10.2 Å². The number of hydrogen-bond donors (Lipinski definition) is 1. The van der Waals surface area contributed by atoms with Crippen molar-refractivity contribution < 1.29 is 17.9 Å². The molecule has 1 amide bonds. The summed E-state index contributed by atoms with van der Waals surface area (Å²) >= 11 is 0. The van der Waals surface area contributed by atoms with Crippen molar-refractivity contribution >= 4 is 15.9 Å². The van der Waals surface area contributed by atoms with Gasteiger partial charge in [0.2, 0.25) is 0 Å². The van der Waals surface area contributed by atoms with Crippen LogP contribution in [0, 0.1) is 0 Å². The van der Waals surface area contributed by atoms with E-state index in [1.807, 2.05) is 20.8 Å². The number of amides is 1. The first-order valence-corrected chi connectivity index (χ1v) is 8.29. The molecule has 1 atom stereocenters. The van der Waals surface area contributed by atoms with Gasteiger partial charge in [-0.25, -0.2) is 13.2 Å². The maximum Gasteiger partial charge on any atom is 0.410 e. The van der Waals surface area contributed by atoms with Gasteiger partial charge in [0.05, 0.1) is 11.5 Å². The molecule has 1 heterocycles. The lowest BCUT2D eigenvalue weighted by molar-refractivity contribution is 0.0299. The highest BCUT2D eigenvalue weighted by Gasteiger charge is 2.27. The molecule has 1 fully saturated rings. The summed E-state index contributed by atoms with van der Waals surface area (Å²) in [6, 6.07) is 0.0111. The number of rotatable bonds is 4. The lowest BCUT2D eigenvalue weighted by Crippen LogP contribution is -2.40. The smallest absolute Gasteiger partial charge is 0.410 e. The first-order chi connectivity index (χ1) is 8.59. The Morgan fingerprint density at radius 1 is 1.42 bits per heavy atom. The molecular weight excluding hydrogens is 268 g/mol. The molecule has 6 nitrogen and oxygen atoms in total. The van der Waals surface area contributed by atoms with Gasteiger partial charge in [0, 0.05) is 26.2 Å². The van der Waals surface area contributed by atoms with Crippen LogP contribution < -0.4 is 5.32 Å². The van der Waals surface area contributed by atoms with Gasteiger partial charge in [-0.05, 0) is 27.2 Å². The minimum absolute atomic E-state index is 0.0111. The van der Waals surface area contributed by atoms with Gasteiger partial charge >= 0.3 is 6.09 Å². The fourth-order valence-electron chi connectivity index (χ4n) is 1.82. The van der Waals surface area contributed by atoms with Crippen molar-refractivity contribution in [2.75, 3.05) is 31.6 Å². The van der Waals surface area contributed by atoms with Gasteiger partial charge in [-0.1, -0.05) is 0 Å². The van der Waals surface area contributed by atoms with E-state index in [0.717, 1.165) is 0 Å². The van der Waals surface area contributed by atoms with E-state index in [2.05, 4.69) is 5.32 Å². The van der Waals surface area contributed by atoms with Gasteiger partial charge < -0.3 is 15.0 Å². The topological polar surface area (TPSA) is 75.7 Å². The van der Waals surface area contributed by atoms with Crippen LogP contribution in [0.3, 0.4) is 0 Å². The fourth-order valence-corrected chi connectivity index (χ4v) is 3.53. The lowest BCUT2D eigenvalue weighted by atomic mass is 10.2. The Labute approximate surface area is 115 Å². The van der Waals surface area contributed by atoms with Crippen molar-refractivity contribution in [3.63, 3.8) is 0 Å². The molecule has 0 aliphatic carbocycles. The van der Waals surface area contributed by atoms with E-state index < -0.39 is 15.4 Å². The molecule has 1 saturated heterocycles. The monoisotopic (exact) mass is 292 g/mol. The average molecular weight is 292 g/mol. The number of likely N-dealkylation sites (N-methyl/N-ethyl adjacent to an activating group) is 1. The normalized spacial score (nSPS) is 22.2. The summed E-state index contributed by atoms with van der Waals surface area (Å²) in [5, 5.41) is 3.16. The van der Waals surface area contributed by atoms with Gasteiger partial charge in [0.1, 0.15) is 5.60 Å². The molecule has 1 aliphatic rings. The van der Waals surface area contributed by atoms with Gasteiger partial charge in [-0.3, -0.25) is 0 Å². The average Bonchev–Trinajstić information content (AvgIpc) is 2.55. The molecule has 0 radical (unpaired) electrons. The molecule has 19 heavy (non-hydrogen) atoms. The number of nitrogens with zero attached hydrogens (tertiary/aromatic N) is 1. The van der Waals surface area contributed by atoms with E-state index in [1.54, 1.807) is 7.05 Å². The van der Waals surface area contributed by atoms with Crippen molar-refractivity contribution in [2.24, 2.45) is 0 Å². The Hall–Kier alpha value is -0.820. The van der Waals surface area contributed by atoms with E-state index in [4.69, 9.17) is 4.74 Å². The highest BCUT2D eigenvalue weighted by Crippen LogP contribution is 2.11. The molecule has 0 aromatic rings. The molecule has 1 rings (SSSR count). The van der Waals surface area contributed by atoms with Gasteiger partial charge in [0.25, 0.3) is 0 Å². The predicted octanol–water partition coefficient (Wildman–Crippen LogP) is 0.630. The number of nitrogens with one attached hydrogen (secondary N) is 1. The molecule has 7 heteroatoms. The summed E-state index contributed by atoms with van der Waals surface area (Å²) in [4.78, 5) is 13.2. The Morgan fingerprint density at radius 3 is 2.53 bits per heavy atom. The second-order valence-corrected chi connectivity index (χ2v) is 8.18. The number of hydrogen-bond acceptors (Lipinski definition) is 5. The molecule has 1 N–H and O–H groups in total. The molecule has 1 unspecified atom stereocenters. The summed E-state index contributed by atoms with van der Waals surface area (Å²) in [5.74, 6) is 0.454. The van der Waals surface area contributed by atoms with Crippen LogP contribution in [0.15, 0.2) is 0 Å². The molecule has 0 saturated carbocycles. The van der Waals surface area contributed by atoms with Crippen LogP contribution in [-0.4, -0.2) is 62.7 Å². The van der Waals surface area contributed by atoms with Crippen molar-refractivity contribution in [3.8, 4) is 0 Å². The van der Waals surface area contributed by atoms with Gasteiger partial charge in [-0.2, -0.15) is 0 Å². The number of ether oxygens (including phenoxy) is 1. The first-order valence-electron chi connectivity index (χ1n) is 6.47. The molecule has 0 bridgehead atoms. The Morgan fingerprint density at radius 2 is 2.05 bits per heavy atom. The van der Waals surface area contributed by atoms with E-state index in [1.165, 1.54) is 4.90 Å². The third kappa shape index (κ3) is 6.24. The number of carbonyl (C=O) groups is 1. The van der Waals surface area contributed by atoms with E-state index in [0.29, 0.717) is 19.5 Å². The molecule has 1 aliphatic heterocycles. The van der Waals surface area contributed by atoms with Crippen LogP contribution in [-0.2, 0) is 14.6 Å². The molecule has 0 spiro atoms. The summed E-state index contributed by atoms with van der Waals surface area (Å²) in [5.41, 5.74) is -0.502. The quantitative estimate of drug-likeness (QED) is 0.822. The van der Waals surface area contributed by atoms with Gasteiger partial charge in [-0.15, -0.1) is 0 Å². The SMILES string of the molecule is CN(CCNC1CCS(=O)(=O)C1)C(=O)OC(C)(C)C. The second-order valence-electron chi connectivity index (χ2n) is 5.96. The van der Waals surface area contributed by atoms with E-state index in [9.17, 15) is 13.2 Å². The standard InChI is InChI=1S/C12H24N2O4S/c1-12(2,3)18-11(15)14(4)7-6-13-10-5-8-19(16,17)9-10/h10,13H,5-9H2,1-4H3. The largest absolute Gasteiger partial charge is 0.444 e. The number of sulfone groups is 1. The van der Waals surface area contributed by atoms with Crippen LogP contribution in [0.4, 0.5) is 4.79 Å². The summed E-state index contributed by atoms with van der Waals surface area (Å²) < 4.78 is 27.8. The van der Waals surface area contributed by atoms with Crippen LogP contribution in [0.5, 0.6) is 0 Å². The summed E-state index contributed by atoms with van der Waals surface area (Å²) in [7, 11) is -1.19. The Bertz CT molecular complexity index is 414. The van der Waals surface area contributed by atoms with Crippen LogP contribution in [0.2, 0.25) is 0 Å². The molecule has 112 valence electrons. The summed E-state index contributed by atoms with van der Waals surface area (Å²) in [6.07, 6.45) is 0.284. The first kappa shape index (κ1) is 16.2. The Kier molecular flexibility index (Phi) is 5.20. The van der Waals surface area contributed by atoms with E-state index in [-0.39, 0.29) is 23.6 Å².